The maximum absolute atomic E-state index is 6.25. The van der Waals surface area contributed by atoms with Crippen molar-refractivity contribution in [1.82, 2.24) is 4.98 Å². The Labute approximate surface area is 137 Å². The SMILES string of the molecule is Cc1nc2ccc(NC(C)c3cc(Cl)ccc3Cl)cc2s1. The fraction of sp³-hybridized carbons (Fsp3) is 0.188. The zero-order chi connectivity index (χ0) is 15.0. The summed E-state index contributed by atoms with van der Waals surface area (Å²) in [4.78, 5) is 4.47. The van der Waals surface area contributed by atoms with Crippen molar-refractivity contribution in [2.45, 2.75) is 19.9 Å². The van der Waals surface area contributed by atoms with Crippen LogP contribution in [0, 0.1) is 6.92 Å². The van der Waals surface area contributed by atoms with E-state index in [1.165, 1.54) is 4.70 Å². The number of aromatic nitrogens is 1. The second kappa shape index (κ2) is 5.84. The largest absolute Gasteiger partial charge is 0.378 e. The van der Waals surface area contributed by atoms with Gasteiger partial charge in [0.15, 0.2) is 0 Å². The summed E-state index contributed by atoms with van der Waals surface area (Å²) < 4.78 is 1.18. The smallest absolute Gasteiger partial charge is 0.0907 e. The quantitative estimate of drug-likeness (QED) is 0.626. The molecule has 108 valence electrons. The molecule has 1 N–H and O–H groups in total. The number of thiazole rings is 1. The number of nitrogens with zero attached hydrogens (tertiary/aromatic N) is 1. The molecule has 3 aromatic rings. The van der Waals surface area contributed by atoms with Gasteiger partial charge in [-0.05, 0) is 55.8 Å². The molecule has 3 rings (SSSR count). The number of benzene rings is 2. The fourth-order valence-corrected chi connectivity index (χ4v) is 3.63. The number of rotatable bonds is 3. The molecule has 0 aliphatic carbocycles. The summed E-state index contributed by atoms with van der Waals surface area (Å²) in [6.45, 7) is 4.09. The second-order valence-corrected chi connectivity index (χ2v) is 7.03. The minimum absolute atomic E-state index is 0.0719. The molecule has 0 bridgehead atoms. The van der Waals surface area contributed by atoms with Gasteiger partial charge in [-0.3, -0.25) is 0 Å². The van der Waals surface area contributed by atoms with E-state index in [1.54, 1.807) is 17.4 Å². The van der Waals surface area contributed by atoms with Crippen molar-refractivity contribution >= 4 is 50.4 Å². The summed E-state index contributed by atoms with van der Waals surface area (Å²) >= 11 is 14.0. The molecular weight excluding hydrogens is 323 g/mol. The van der Waals surface area contributed by atoms with Gasteiger partial charge in [0.05, 0.1) is 21.3 Å². The van der Waals surface area contributed by atoms with Gasteiger partial charge in [-0.1, -0.05) is 23.2 Å². The van der Waals surface area contributed by atoms with Crippen LogP contribution in [0.15, 0.2) is 36.4 Å². The average molecular weight is 337 g/mol. The molecule has 0 radical (unpaired) electrons. The summed E-state index contributed by atoms with van der Waals surface area (Å²) in [5.74, 6) is 0. The Morgan fingerprint density at radius 2 is 1.95 bits per heavy atom. The zero-order valence-corrected chi connectivity index (χ0v) is 14.0. The number of hydrogen-bond acceptors (Lipinski definition) is 3. The summed E-state index contributed by atoms with van der Waals surface area (Å²) in [5, 5.41) is 5.95. The molecule has 2 nitrogen and oxygen atoms in total. The Kier molecular flexibility index (Phi) is 4.07. The standard InChI is InChI=1S/C16H14Cl2N2S/c1-9(13-7-11(17)3-5-14(13)18)19-12-4-6-15-16(8-12)21-10(2)20-15/h3-9,19H,1-2H3. The third-order valence-corrected chi connectivity index (χ3v) is 4.82. The molecular formula is C16H14Cl2N2S. The Morgan fingerprint density at radius 3 is 2.76 bits per heavy atom. The van der Waals surface area contributed by atoms with Crippen molar-refractivity contribution in [3.05, 3.63) is 57.0 Å². The van der Waals surface area contributed by atoms with Crippen LogP contribution in [0.25, 0.3) is 10.2 Å². The predicted octanol–water partition coefficient (Wildman–Crippen LogP) is 6.08. The minimum Gasteiger partial charge on any atom is -0.378 e. The van der Waals surface area contributed by atoms with Crippen LogP contribution in [-0.4, -0.2) is 4.98 Å². The van der Waals surface area contributed by atoms with Crippen molar-refractivity contribution in [1.29, 1.82) is 0 Å². The normalized spacial score (nSPS) is 12.6. The van der Waals surface area contributed by atoms with Crippen LogP contribution >= 0.6 is 34.5 Å². The van der Waals surface area contributed by atoms with Gasteiger partial charge in [0.2, 0.25) is 0 Å². The van der Waals surface area contributed by atoms with E-state index in [9.17, 15) is 0 Å². The molecule has 0 saturated heterocycles. The van der Waals surface area contributed by atoms with E-state index in [0.29, 0.717) is 10.0 Å². The van der Waals surface area contributed by atoms with Crippen LogP contribution < -0.4 is 5.32 Å². The monoisotopic (exact) mass is 336 g/mol. The van der Waals surface area contributed by atoms with Crippen LogP contribution in [0.3, 0.4) is 0 Å². The molecule has 5 heteroatoms. The molecule has 0 spiro atoms. The maximum atomic E-state index is 6.25. The van der Waals surface area contributed by atoms with E-state index in [2.05, 4.69) is 23.3 Å². The van der Waals surface area contributed by atoms with Gasteiger partial charge >= 0.3 is 0 Å². The van der Waals surface area contributed by atoms with E-state index in [0.717, 1.165) is 21.8 Å². The van der Waals surface area contributed by atoms with Crippen molar-refractivity contribution in [2.24, 2.45) is 0 Å². The van der Waals surface area contributed by atoms with E-state index in [4.69, 9.17) is 23.2 Å². The van der Waals surface area contributed by atoms with Gasteiger partial charge in [-0.25, -0.2) is 4.98 Å². The highest BCUT2D eigenvalue weighted by molar-refractivity contribution is 7.18. The Balaban J connectivity index is 1.88. The number of nitrogens with one attached hydrogen (secondary N) is 1. The number of anilines is 1. The molecule has 0 aliphatic heterocycles. The van der Waals surface area contributed by atoms with Gasteiger partial charge in [0.1, 0.15) is 0 Å². The molecule has 0 amide bonds. The number of halogens is 2. The summed E-state index contributed by atoms with van der Waals surface area (Å²) in [6.07, 6.45) is 0. The first kappa shape index (κ1) is 14.6. The first-order chi connectivity index (χ1) is 10.0. The summed E-state index contributed by atoms with van der Waals surface area (Å²) in [5.41, 5.74) is 3.08. The molecule has 21 heavy (non-hydrogen) atoms. The third-order valence-electron chi connectivity index (χ3n) is 3.30. The summed E-state index contributed by atoms with van der Waals surface area (Å²) in [7, 11) is 0. The van der Waals surface area contributed by atoms with Gasteiger partial charge in [-0.15, -0.1) is 11.3 Å². The van der Waals surface area contributed by atoms with Gasteiger partial charge in [-0.2, -0.15) is 0 Å². The average Bonchev–Trinajstić information content (AvgIpc) is 2.80. The van der Waals surface area contributed by atoms with Crippen molar-refractivity contribution in [2.75, 3.05) is 5.32 Å². The van der Waals surface area contributed by atoms with Crippen LogP contribution in [0.5, 0.6) is 0 Å². The van der Waals surface area contributed by atoms with Crippen LogP contribution in [-0.2, 0) is 0 Å². The van der Waals surface area contributed by atoms with Gasteiger partial charge < -0.3 is 5.32 Å². The highest BCUT2D eigenvalue weighted by Gasteiger charge is 2.11. The topological polar surface area (TPSA) is 24.9 Å². The Morgan fingerprint density at radius 1 is 1.14 bits per heavy atom. The minimum atomic E-state index is 0.0719. The second-order valence-electron chi connectivity index (χ2n) is 4.95. The first-order valence-corrected chi connectivity index (χ1v) is 8.19. The predicted molar refractivity (Wildman–Crippen MR) is 92.9 cm³/mol. The first-order valence-electron chi connectivity index (χ1n) is 6.61. The van der Waals surface area contributed by atoms with E-state index >= 15 is 0 Å². The highest BCUT2D eigenvalue weighted by Crippen LogP contribution is 2.30. The van der Waals surface area contributed by atoms with Gasteiger partial charge in [0.25, 0.3) is 0 Å². The number of aryl methyl sites for hydroxylation is 1. The number of fused-ring (bicyclic) bond motifs is 1. The van der Waals surface area contributed by atoms with E-state index < -0.39 is 0 Å². The fourth-order valence-electron chi connectivity index (χ4n) is 2.30. The van der Waals surface area contributed by atoms with Crippen molar-refractivity contribution < 1.29 is 0 Å². The lowest BCUT2D eigenvalue weighted by Gasteiger charge is -2.17. The van der Waals surface area contributed by atoms with E-state index in [-0.39, 0.29) is 6.04 Å². The van der Waals surface area contributed by atoms with Crippen LogP contribution in [0.2, 0.25) is 10.0 Å². The molecule has 1 atom stereocenters. The van der Waals surface area contributed by atoms with Crippen LogP contribution in [0.1, 0.15) is 23.5 Å². The lowest BCUT2D eigenvalue weighted by Crippen LogP contribution is -2.07. The van der Waals surface area contributed by atoms with Crippen molar-refractivity contribution in [3.63, 3.8) is 0 Å². The number of hydrogen-bond donors (Lipinski definition) is 1. The zero-order valence-electron chi connectivity index (χ0n) is 11.7. The third kappa shape index (κ3) is 3.15. The molecule has 2 aromatic carbocycles. The molecule has 0 aliphatic rings. The van der Waals surface area contributed by atoms with Crippen molar-refractivity contribution in [3.8, 4) is 0 Å². The van der Waals surface area contributed by atoms with Crippen LogP contribution in [0.4, 0.5) is 5.69 Å². The lowest BCUT2D eigenvalue weighted by atomic mass is 10.1. The molecule has 0 saturated carbocycles. The maximum Gasteiger partial charge on any atom is 0.0907 e. The Bertz CT molecular complexity index is 798. The molecule has 1 aromatic heterocycles. The highest BCUT2D eigenvalue weighted by atomic mass is 35.5. The molecule has 0 fully saturated rings. The van der Waals surface area contributed by atoms with Gasteiger partial charge in [0, 0.05) is 15.7 Å². The van der Waals surface area contributed by atoms with E-state index in [1.807, 2.05) is 31.2 Å². The summed E-state index contributed by atoms with van der Waals surface area (Å²) in [6, 6.07) is 11.8. The molecule has 1 heterocycles. The molecule has 1 unspecified atom stereocenters. The lowest BCUT2D eigenvalue weighted by molar-refractivity contribution is 0.885. The Hall–Kier alpha value is -1.29.